The van der Waals surface area contributed by atoms with E-state index in [-0.39, 0.29) is 0 Å². The van der Waals surface area contributed by atoms with Gasteiger partial charge in [-0.3, -0.25) is 14.7 Å². The number of hydrogen-bond donors (Lipinski definition) is 0. The lowest BCUT2D eigenvalue weighted by atomic mass is 9.50. The quantitative estimate of drug-likeness (QED) is 0.213. The van der Waals surface area contributed by atoms with Gasteiger partial charge in [-0.25, -0.2) is 0 Å². The molecule has 0 saturated heterocycles. The van der Waals surface area contributed by atoms with Crippen LogP contribution in [0.2, 0.25) is 0 Å². The van der Waals surface area contributed by atoms with Crippen LogP contribution in [0.15, 0.2) is 72.9 Å². The molecule has 0 bridgehead atoms. The van der Waals surface area contributed by atoms with Crippen molar-refractivity contribution in [1.82, 2.24) is 14.7 Å². The van der Waals surface area contributed by atoms with Gasteiger partial charge < -0.3 is 0 Å². The zero-order valence-electron chi connectivity index (χ0n) is 54.9. The molecule has 13 saturated carbocycles. The van der Waals surface area contributed by atoms with Gasteiger partial charge in [0.1, 0.15) is 0 Å². The van der Waals surface area contributed by atoms with Crippen molar-refractivity contribution in [2.75, 3.05) is 0 Å². The summed E-state index contributed by atoms with van der Waals surface area (Å²) in [4.78, 5) is 11.0. The molecule has 0 amide bonds. The summed E-state index contributed by atoms with van der Waals surface area (Å²) in [5.74, 6) is 21.2. The summed E-state index contributed by atoms with van der Waals surface area (Å²) in [6.07, 6.45) is 93.5. The fraction of sp³-hybridized carbons (Fsp3) is 0.857. The molecule has 0 aromatic heterocycles. The van der Waals surface area contributed by atoms with E-state index in [0.717, 1.165) is 178 Å². The average Bonchev–Trinajstić information content (AvgIpc) is 1.24. The first-order chi connectivity index (χ1) is 43.1. The summed E-state index contributed by atoms with van der Waals surface area (Å²) in [6, 6.07) is 6.70. The third kappa shape index (κ3) is 9.81. The highest BCUT2D eigenvalue weighted by atomic mass is 15.3. The molecule has 0 aromatic rings. The van der Waals surface area contributed by atoms with Gasteiger partial charge >= 0.3 is 0 Å². The number of nitrogens with zero attached hydrogens (tertiary/aromatic N) is 3. The molecule has 19 rings (SSSR count). The lowest BCUT2D eigenvalue weighted by molar-refractivity contribution is -0.117. The summed E-state index contributed by atoms with van der Waals surface area (Å²) in [6.45, 7) is 0. The Hall–Kier alpha value is -1.68. The van der Waals surface area contributed by atoms with E-state index in [1.165, 1.54) is 173 Å². The van der Waals surface area contributed by atoms with E-state index in [2.05, 4.69) is 87.6 Å². The van der Waals surface area contributed by atoms with Crippen LogP contribution < -0.4 is 0 Å². The minimum atomic E-state index is 0.709. The van der Waals surface area contributed by atoms with Crippen molar-refractivity contribution in [2.24, 2.45) is 142 Å². The SMILES string of the molecule is C1=CC2CCC(N(C3CCC4CCCCC4C3)C3CC(N(C4CCC5CCCCC5C4)C4CCC5C=CC6CCCC7C=CC4C5C67)CC(N(C4CCC5CCCCC5C4)C4CCC5C=CC6CCCC7C=CC4C5C67)C3)C3C=CC4CCCC1C4C23. The van der Waals surface area contributed by atoms with E-state index in [1.807, 2.05) is 0 Å². The van der Waals surface area contributed by atoms with Gasteiger partial charge in [0.15, 0.2) is 0 Å². The van der Waals surface area contributed by atoms with Crippen LogP contribution in [-0.2, 0) is 0 Å². The van der Waals surface area contributed by atoms with Gasteiger partial charge in [0.05, 0.1) is 0 Å². The summed E-state index contributed by atoms with van der Waals surface area (Å²) in [7, 11) is 0. The van der Waals surface area contributed by atoms with Crippen LogP contribution in [0.3, 0.4) is 0 Å². The highest BCUT2D eigenvalue weighted by Gasteiger charge is 2.60. The standard InChI is InChI=1S/C84H123N3/c1-4-13-64-46-67(37-28-52(64)10-1)85(76-43-34-61-25-22-55-16-7-19-58-31-40-73(76)82(61)79(55)58)70-49-71(86(68-38-29-53-11-2-5-14-65(53)47-68)77-44-35-62-26-23-56-17-8-20-59-32-41-74(77)83(62)80(56)59)51-72(50-70)87(69-39-30-54-12-3-6-15-66(54)48-69)78-45-36-63-27-24-57-18-9-21-60-33-42-75(78)84(63)81(57)60/h22-27,31-33,40-42,52-84H,1-21,28-30,34-39,43-51H2. The van der Waals surface area contributed by atoms with Crippen molar-refractivity contribution in [3.63, 3.8) is 0 Å². The van der Waals surface area contributed by atoms with E-state index in [0.29, 0.717) is 18.1 Å². The van der Waals surface area contributed by atoms with E-state index in [4.69, 9.17) is 0 Å². The third-order valence-corrected chi connectivity index (χ3v) is 33.5. The molecule has 19 aliphatic rings. The summed E-state index contributed by atoms with van der Waals surface area (Å²) < 4.78 is 0. The second kappa shape index (κ2) is 23.7. The van der Waals surface area contributed by atoms with Gasteiger partial charge in [-0.15, -0.1) is 0 Å². The van der Waals surface area contributed by atoms with E-state index >= 15 is 0 Å². The van der Waals surface area contributed by atoms with Gasteiger partial charge in [0.25, 0.3) is 0 Å². The highest BCUT2D eigenvalue weighted by Crippen LogP contribution is 2.63. The van der Waals surface area contributed by atoms with E-state index in [1.54, 1.807) is 77.0 Å². The Kier molecular flexibility index (Phi) is 15.4. The molecular formula is C84H123N3. The first-order valence-electron chi connectivity index (χ1n) is 40.5. The second-order valence-corrected chi connectivity index (χ2v) is 36.5. The molecule has 87 heavy (non-hydrogen) atoms. The molecule has 0 aromatic carbocycles. The van der Waals surface area contributed by atoms with Crippen LogP contribution in [0.5, 0.6) is 0 Å². The molecule has 3 nitrogen and oxygen atoms in total. The van der Waals surface area contributed by atoms with Crippen LogP contribution in [0.4, 0.5) is 0 Å². The number of allylic oxidation sites excluding steroid dienone is 9. The minimum absolute atomic E-state index is 0.709. The third-order valence-electron chi connectivity index (χ3n) is 33.5. The number of hydrogen-bond acceptors (Lipinski definition) is 3. The maximum atomic E-state index is 3.68. The highest BCUT2D eigenvalue weighted by molar-refractivity contribution is 5.26. The van der Waals surface area contributed by atoms with Crippen LogP contribution in [0.25, 0.3) is 0 Å². The van der Waals surface area contributed by atoms with E-state index < -0.39 is 0 Å². The monoisotopic (exact) mass is 1170 g/mol. The topological polar surface area (TPSA) is 9.72 Å². The van der Waals surface area contributed by atoms with E-state index in [9.17, 15) is 0 Å². The molecule has 3 heteroatoms. The van der Waals surface area contributed by atoms with Gasteiger partial charge in [0.2, 0.25) is 0 Å². The number of fused-ring (bicyclic) bond motifs is 3. The molecule has 0 heterocycles. The molecule has 0 spiro atoms. The zero-order chi connectivity index (χ0) is 56.8. The fourth-order valence-corrected chi connectivity index (χ4v) is 30.4. The first kappa shape index (κ1) is 56.8. The Labute approximate surface area is 531 Å². The first-order valence-corrected chi connectivity index (χ1v) is 40.5. The maximum absolute atomic E-state index is 3.68. The average molecular weight is 1170 g/mol. The van der Waals surface area contributed by atoms with Crippen LogP contribution in [0.1, 0.15) is 250 Å². The zero-order valence-corrected chi connectivity index (χ0v) is 54.9. The maximum Gasteiger partial charge on any atom is 0.0167 e. The molecule has 0 N–H and O–H groups in total. The smallest absolute Gasteiger partial charge is 0.0167 e. The van der Waals surface area contributed by atoms with Crippen molar-refractivity contribution < 1.29 is 0 Å². The van der Waals surface area contributed by atoms with Crippen LogP contribution in [0, 0.1) is 142 Å². The van der Waals surface area contributed by atoms with Gasteiger partial charge in [0, 0.05) is 54.4 Å². The molecule has 474 valence electrons. The van der Waals surface area contributed by atoms with Crippen molar-refractivity contribution >= 4 is 0 Å². The van der Waals surface area contributed by atoms with Crippen LogP contribution >= 0.6 is 0 Å². The molecule has 30 atom stereocenters. The minimum Gasteiger partial charge on any atom is -0.294 e. The van der Waals surface area contributed by atoms with Crippen molar-refractivity contribution in [2.45, 2.75) is 305 Å². The Morgan fingerprint density at radius 2 is 0.425 bits per heavy atom. The predicted octanol–water partition coefficient (Wildman–Crippen LogP) is 19.8. The van der Waals surface area contributed by atoms with Crippen molar-refractivity contribution in [3.8, 4) is 0 Å². The van der Waals surface area contributed by atoms with Crippen molar-refractivity contribution in [1.29, 1.82) is 0 Å². The normalized spacial score (nSPS) is 54.9. The lowest BCUT2D eigenvalue weighted by Crippen LogP contribution is -2.67. The largest absolute Gasteiger partial charge is 0.294 e. The van der Waals surface area contributed by atoms with Crippen molar-refractivity contribution in [3.05, 3.63) is 72.9 Å². The molecule has 0 aliphatic heterocycles. The molecule has 13 fully saturated rings. The summed E-state index contributed by atoms with van der Waals surface area (Å²) >= 11 is 0. The fourth-order valence-electron chi connectivity index (χ4n) is 30.4. The molecular weight excluding hydrogens is 1050 g/mol. The summed E-state index contributed by atoms with van der Waals surface area (Å²) in [5, 5.41) is 0. The summed E-state index contributed by atoms with van der Waals surface area (Å²) in [5.41, 5.74) is 0. The predicted molar refractivity (Wildman–Crippen MR) is 358 cm³/mol. The molecule has 0 radical (unpaired) electrons. The number of rotatable bonds is 9. The Morgan fingerprint density at radius 3 is 0.713 bits per heavy atom. The van der Waals surface area contributed by atoms with Gasteiger partial charge in [-0.05, 0) is 296 Å². The Bertz CT molecular complexity index is 2350. The molecule has 19 aliphatic carbocycles. The lowest BCUT2D eigenvalue weighted by Gasteiger charge is -2.63. The van der Waals surface area contributed by atoms with Gasteiger partial charge in [-0.1, -0.05) is 169 Å². The Morgan fingerprint density at radius 1 is 0.172 bits per heavy atom. The molecule has 30 unspecified atom stereocenters. The van der Waals surface area contributed by atoms with Gasteiger partial charge in [-0.2, -0.15) is 0 Å². The van der Waals surface area contributed by atoms with Crippen LogP contribution in [-0.4, -0.2) is 69.1 Å². The second-order valence-electron chi connectivity index (χ2n) is 36.5. The Balaban J connectivity index is 0.764.